The van der Waals surface area contributed by atoms with Gasteiger partial charge in [0.15, 0.2) is 0 Å². The summed E-state index contributed by atoms with van der Waals surface area (Å²) in [6.07, 6.45) is 6.19. The molecule has 0 aromatic carbocycles. The van der Waals surface area contributed by atoms with E-state index in [1.807, 2.05) is 0 Å². The molecule has 2 nitrogen and oxygen atoms in total. The van der Waals surface area contributed by atoms with E-state index >= 15 is 0 Å². The highest BCUT2D eigenvalue weighted by Crippen LogP contribution is 2.25. The van der Waals surface area contributed by atoms with E-state index in [9.17, 15) is 0 Å². The first kappa shape index (κ1) is 16.1. The lowest BCUT2D eigenvalue weighted by Crippen LogP contribution is -2.30. The Kier molecular flexibility index (Phi) is 9.28. The topological polar surface area (TPSA) is 12.5 Å². The van der Waals surface area contributed by atoms with Gasteiger partial charge in [-0.2, -0.15) is 0 Å². The minimum atomic E-state index is 0.204. The molecule has 0 aromatic rings. The first-order chi connectivity index (χ1) is 7.67. The molecule has 0 saturated heterocycles. The number of nitrogens with zero attached hydrogens (tertiary/aromatic N) is 1. The molecule has 0 unspecified atom stereocenters. The van der Waals surface area contributed by atoms with Crippen LogP contribution in [0.2, 0.25) is 0 Å². The Morgan fingerprint density at radius 1 is 1.00 bits per heavy atom. The highest BCUT2D eigenvalue weighted by Gasteiger charge is 2.23. The van der Waals surface area contributed by atoms with Gasteiger partial charge in [0, 0.05) is 0 Å². The van der Waals surface area contributed by atoms with Crippen LogP contribution >= 0.6 is 0 Å². The molecule has 0 fully saturated rings. The van der Waals surface area contributed by atoms with Crippen molar-refractivity contribution in [2.24, 2.45) is 0 Å². The van der Waals surface area contributed by atoms with E-state index < -0.39 is 0 Å². The van der Waals surface area contributed by atoms with E-state index in [-0.39, 0.29) is 5.60 Å². The van der Waals surface area contributed by atoms with Crippen molar-refractivity contribution in [2.75, 3.05) is 19.6 Å². The van der Waals surface area contributed by atoms with Gasteiger partial charge in [-0.25, -0.2) is 0 Å². The summed E-state index contributed by atoms with van der Waals surface area (Å²) in [6.45, 7) is 12.6. The minimum absolute atomic E-state index is 0.204. The predicted molar refractivity (Wildman–Crippen MR) is 76.0 cm³/mol. The molecule has 0 N–H and O–H groups in total. The van der Waals surface area contributed by atoms with Gasteiger partial charge in [0.05, 0.1) is 5.60 Å². The Morgan fingerprint density at radius 2 is 1.56 bits per heavy atom. The Hall–Kier alpha value is 0.137. The van der Waals surface area contributed by atoms with Crippen molar-refractivity contribution in [3.05, 3.63) is 0 Å². The van der Waals surface area contributed by atoms with E-state index in [0.717, 1.165) is 23.3 Å². The van der Waals surface area contributed by atoms with Crippen molar-refractivity contribution >= 4 is 10.5 Å². The van der Waals surface area contributed by atoms with Crippen LogP contribution in [0.25, 0.3) is 0 Å². The van der Waals surface area contributed by atoms with E-state index in [1.54, 1.807) is 0 Å². The predicted octanol–water partition coefficient (Wildman–Crippen LogP) is 2.35. The van der Waals surface area contributed by atoms with Crippen LogP contribution in [0.15, 0.2) is 0 Å². The fraction of sp³-hybridized carbons (Fsp3) is 1.00. The average Bonchev–Trinajstić information content (AvgIpc) is 2.35. The van der Waals surface area contributed by atoms with Gasteiger partial charge in [0.25, 0.3) is 0 Å². The Morgan fingerprint density at radius 3 is 1.94 bits per heavy atom. The SMILES string of the molecule is CCN(CC)CCCCC(CC)(CC)O[SiH3]. The minimum Gasteiger partial charge on any atom is -0.422 e. The summed E-state index contributed by atoms with van der Waals surface area (Å²) in [6, 6.07) is 0. The molecule has 0 heterocycles. The maximum absolute atomic E-state index is 5.82. The fourth-order valence-corrected chi connectivity index (χ4v) is 3.10. The van der Waals surface area contributed by atoms with Crippen molar-refractivity contribution in [1.82, 2.24) is 4.90 Å². The molecule has 0 saturated carbocycles. The quantitative estimate of drug-likeness (QED) is 0.433. The van der Waals surface area contributed by atoms with Gasteiger partial charge in [0.1, 0.15) is 10.5 Å². The molecule has 3 heteroatoms. The van der Waals surface area contributed by atoms with Gasteiger partial charge in [0.2, 0.25) is 0 Å². The molecule has 0 bridgehead atoms. The van der Waals surface area contributed by atoms with Gasteiger partial charge in [-0.1, -0.05) is 27.7 Å². The third-order valence-corrected chi connectivity index (χ3v) is 4.84. The van der Waals surface area contributed by atoms with Crippen molar-refractivity contribution in [3.63, 3.8) is 0 Å². The highest BCUT2D eigenvalue weighted by atomic mass is 28.2. The molecule has 0 aromatic heterocycles. The van der Waals surface area contributed by atoms with Crippen LogP contribution < -0.4 is 0 Å². The standard InChI is InChI=1S/C13H31NOSi/c1-5-13(6-2,15-16)11-9-10-12-14(7-3)8-4/h5-12H2,1-4,16H3. The van der Waals surface area contributed by atoms with E-state index in [2.05, 4.69) is 32.6 Å². The Labute approximate surface area is 105 Å². The molecule has 0 aliphatic heterocycles. The lowest BCUT2D eigenvalue weighted by molar-refractivity contribution is 0.0576. The van der Waals surface area contributed by atoms with Gasteiger partial charge in [-0.3, -0.25) is 0 Å². The largest absolute Gasteiger partial charge is 0.422 e. The van der Waals surface area contributed by atoms with E-state index in [0.29, 0.717) is 0 Å². The number of hydrogen-bond acceptors (Lipinski definition) is 2. The zero-order valence-electron chi connectivity index (χ0n) is 12.0. The molecule has 16 heavy (non-hydrogen) atoms. The lowest BCUT2D eigenvalue weighted by Gasteiger charge is -2.31. The first-order valence-electron chi connectivity index (χ1n) is 6.95. The van der Waals surface area contributed by atoms with Gasteiger partial charge in [-0.05, 0) is 51.7 Å². The molecule has 98 valence electrons. The van der Waals surface area contributed by atoms with Crippen LogP contribution in [0.4, 0.5) is 0 Å². The molecular weight excluding hydrogens is 214 g/mol. The second kappa shape index (κ2) is 9.20. The molecule has 0 aliphatic carbocycles. The third kappa shape index (κ3) is 5.46. The number of hydrogen-bond donors (Lipinski definition) is 0. The second-order valence-corrected chi connectivity index (χ2v) is 4.99. The monoisotopic (exact) mass is 245 g/mol. The van der Waals surface area contributed by atoms with E-state index in [4.69, 9.17) is 4.43 Å². The smallest absolute Gasteiger partial charge is 0.146 e. The number of unbranched alkanes of at least 4 members (excludes halogenated alkanes) is 1. The van der Waals surface area contributed by atoms with Crippen molar-refractivity contribution < 1.29 is 4.43 Å². The maximum atomic E-state index is 5.82. The molecule has 0 atom stereocenters. The molecule has 0 aliphatic rings. The Balaban J connectivity index is 3.78. The van der Waals surface area contributed by atoms with Gasteiger partial charge in [-0.15, -0.1) is 0 Å². The maximum Gasteiger partial charge on any atom is 0.146 e. The molecule has 0 spiro atoms. The first-order valence-corrected chi connectivity index (χ1v) is 7.77. The van der Waals surface area contributed by atoms with E-state index in [1.165, 1.54) is 38.9 Å². The molecular formula is C13H31NOSi. The van der Waals surface area contributed by atoms with Gasteiger partial charge >= 0.3 is 0 Å². The summed E-state index contributed by atoms with van der Waals surface area (Å²) in [4.78, 5) is 2.50. The van der Waals surface area contributed by atoms with Crippen LogP contribution in [0.1, 0.15) is 59.8 Å². The summed E-state index contributed by atoms with van der Waals surface area (Å²) in [7, 11) is 0.871. The summed E-state index contributed by atoms with van der Waals surface area (Å²) in [5, 5.41) is 0. The second-order valence-electron chi connectivity index (χ2n) is 4.58. The van der Waals surface area contributed by atoms with Crippen LogP contribution in [-0.2, 0) is 4.43 Å². The van der Waals surface area contributed by atoms with Crippen LogP contribution in [-0.4, -0.2) is 40.6 Å². The van der Waals surface area contributed by atoms with Crippen molar-refractivity contribution in [1.29, 1.82) is 0 Å². The van der Waals surface area contributed by atoms with Crippen LogP contribution in [0, 0.1) is 0 Å². The molecule has 0 amide bonds. The third-order valence-electron chi connectivity index (χ3n) is 3.97. The van der Waals surface area contributed by atoms with Crippen molar-refractivity contribution in [2.45, 2.75) is 65.4 Å². The fourth-order valence-electron chi connectivity index (χ4n) is 2.32. The number of rotatable bonds is 10. The average molecular weight is 245 g/mol. The Bertz CT molecular complexity index is 148. The summed E-state index contributed by atoms with van der Waals surface area (Å²) < 4.78 is 5.82. The normalized spacial score (nSPS) is 12.6. The lowest BCUT2D eigenvalue weighted by atomic mass is 9.91. The molecule has 0 radical (unpaired) electrons. The van der Waals surface area contributed by atoms with Gasteiger partial charge < -0.3 is 9.33 Å². The highest BCUT2D eigenvalue weighted by molar-refractivity contribution is 5.98. The van der Waals surface area contributed by atoms with Crippen LogP contribution in [0.5, 0.6) is 0 Å². The summed E-state index contributed by atoms with van der Waals surface area (Å²) >= 11 is 0. The van der Waals surface area contributed by atoms with Crippen LogP contribution in [0.3, 0.4) is 0 Å². The zero-order valence-corrected chi connectivity index (χ0v) is 14.0. The van der Waals surface area contributed by atoms with Crippen molar-refractivity contribution in [3.8, 4) is 0 Å². The zero-order chi connectivity index (χ0) is 12.4. The molecule has 0 rings (SSSR count). The summed E-state index contributed by atoms with van der Waals surface area (Å²) in [5.41, 5.74) is 0.204. The summed E-state index contributed by atoms with van der Waals surface area (Å²) in [5.74, 6) is 0.